The topological polar surface area (TPSA) is 36.3 Å². The van der Waals surface area contributed by atoms with Gasteiger partial charge in [0.15, 0.2) is 0 Å². The molecule has 70 valence electrons. The van der Waals surface area contributed by atoms with Crippen LogP contribution in [-0.4, -0.2) is 37.5 Å². The van der Waals surface area contributed by atoms with Crippen LogP contribution in [0.25, 0.3) is 0 Å². The molecule has 0 aromatic heterocycles. The Kier molecular flexibility index (Phi) is 4.08. The van der Waals surface area contributed by atoms with E-state index in [0.29, 0.717) is 6.61 Å². The van der Waals surface area contributed by atoms with E-state index in [2.05, 4.69) is 4.90 Å². The molecule has 0 amide bonds. The number of rotatable bonds is 3. The molecule has 0 unspecified atom stereocenters. The first-order valence-corrected chi connectivity index (χ1v) is 4.66. The summed E-state index contributed by atoms with van der Waals surface area (Å²) in [6.45, 7) is 2.82. The molecular formula is C9H18N2O. The number of methoxy groups -OCH3 is 1. The summed E-state index contributed by atoms with van der Waals surface area (Å²) in [4.78, 5) is 2.17. The van der Waals surface area contributed by atoms with Crippen molar-refractivity contribution >= 4 is 5.84 Å². The van der Waals surface area contributed by atoms with Gasteiger partial charge in [-0.05, 0) is 19.3 Å². The van der Waals surface area contributed by atoms with Crippen LogP contribution in [0.2, 0.25) is 0 Å². The van der Waals surface area contributed by atoms with Crippen LogP contribution in [0, 0.1) is 5.41 Å². The second kappa shape index (κ2) is 5.14. The van der Waals surface area contributed by atoms with Crippen LogP contribution < -0.4 is 0 Å². The molecule has 12 heavy (non-hydrogen) atoms. The molecule has 0 saturated carbocycles. The van der Waals surface area contributed by atoms with Crippen molar-refractivity contribution in [2.24, 2.45) is 0 Å². The molecule has 0 aliphatic carbocycles. The maximum atomic E-state index is 7.73. The van der Waals surface area contributed by atoms with Gasteiger partial charge in [-0.15, -0.1) is 0 Å². The summed E-state index contributed by atoms with van der Waals surface area (Å²) in [7, 11) is 1.68. The highest BCUT2D eigenvalue weighted by Crippen LogP contribution is 2.09. The van der Waals surface area contributed by atoms with Gasteiger partial charge in [0.1, 0.15) is 0 Å². The largest absolute Gasteiger partial charge is 0.384 e. The molecule has 1 aliphatic rings. The van der Waals surface area contributed by atoms with Crippen molar-refractivity contribution in [2.45, 2.75) is 25.7 Å². The highest BCUT2D eigenvalue weighted by atomic mass is 16.5. The third kappa shape index (κ3) is 2.81. The van der Waals surface area contributed by atoms with Crippen LogP contribution in [0.4, 0.5) is 0 Å². The maximum absolute atomic E-state index is 7.73. The third-order valence-corrected chi connectivity index (χ3v) is 2.28. The molecule has 1 fully saturated rings. The fourth-order valence-corrected chi connectivity index (χ4v) is 1.52. The number of hydrogen-bond acceptors (Lipinski definition) is 2. The maximum Gasteiger partial charge on any atom is 0.0980 e. The minimum Gasteiger partial charge on any atom is -0.384 e. The van der Waals surface area contributed by atoms with Crippen molar-refractivity contribution in [1.82, 2.24) is 4.90 Å². The van der Waals surface area contributed by atoms with Gasteiger partial charge in [0.25, 0.3) is 0 Å². The Hall–Kier alpha value is -0.570. The first-order valence-electron chi connectivity index (χ1n) is 4.66. The lowest BCUT2D eigenvalue weighted by atomic mass is 10.1. The predicted octanol–water partition coefficient (Wildman–Crippen LogP) is 1.49. The summed E-state index contributed by atoms with van der Waals surface area (Å²) < 4.78 is 4.94. The smallest absolute Gasteiger partial charge is 0.0980 e. The Morgan fingerprint density at radius 2 is 2.00 bits per heavy atom. The van der Waals surface area contributed by atoms with Crippen molar-refractivity contribution in [3.63, 3.8) is 0 Å². The number of hydrogen-bond donors (Lipinski definition) is 1. The van der Waals surface area contributed by atoms with E-state index in [1.165, 1.54) is 19.3 Å². The number of amidine groups is 1. The zero-order chi connectivity index (χ0) is 8.81. The van der Waals surface area contributed by atoms with Gasteiger partial charge in [-0.2, -0.15) is 0 Å². The summed E-state index contributed by atoms with van der Waals surface area (Å²) in [5.74, 6) is 0.747. The van der Waals surface area contributed by atoms with Crippen molar-refractivity contribution in [3.05, 3.63) is 0 Å². The van der Waals surface area contributed by atoms with Crippen LogP contribution in [0.5, 0.6) is 0 Å². The first-order chi connectivity index (χ1) is 5.84. The summed E-state index contributed by atoms with van der Waals surface area (Å²) in [6, 6.07) is 0. The van der Waals surface area contributed by atoms with Crippen molar-refractivity contribution in [2.75, 3.05) is 26.8 Å². The van der Waals surface area contributed by atoms with Gasteiger partial charge < -0.3 is 9.64 Å². The lowest BCUT2D eigenvalue weighted by molar-refractivity contribution is 0.202. The van der Waals surface area contributed by atoms with Crippen LogP contribution in [0.1, 0.15) is 25.7 Å². The van der Waals surface area contributed by atoms with E-state index in [1.807, 2.05) is 0 Å². The Balaban J connectivity index is 2.20. The zero-order valence-corrected chi connectivity index (χ0v) is 7.81. The summed E-state index contributed by atoms with van der Waals surface area (Å²) in [5.41, 5.74) is 0. The van der Waals surface area contributed by atoms with Gasteiger partial charge in [-0.1, -0.05) is 0 Å². The Labute approximate surface area is 74.2 Å². The fourth-order valence-electron chi connectivity index (χ4n) is 1.52. The number of piperidine rings is 1. The minimum atomic E-state index is 0.676. The Morgan fingerprint density at radius 1 is 1.33 bits per heavy atom. The van der Waals surface area contributed by atoms with Gasteiger partial charge in [-0.25, -0.2) is 0 Å². The van der Waals surface area contributed by atoms with Gasteiger partial charge in [0.2, 0.25) is 0 Å². The number of likely N-dealkylation sites (tertiary alicyclic amines) is 1. The number of nitrogens with zero attached hydrogens (tertiary/aromatic N) is 1. The first kappa shape index (κ1) is 9.52. The Bertz CT molecular complexity index is 141. The summed E-state index contributed by atoms with van der Waals surface area (Å²) in [5, 5.41) is 7.73. The second-order valence-corrected chi connectivity index (χ2v) is 3.24. The second-order valence-electron chi connectivity index (χ2n) is 3.24. The van der Waals surface area contributed by atoms with Gasteiger partial charge in [0, 0.05) is 26.6 Å². The highest BCUT2D eigenvalue weighted by molar-refractivity contribution is 5.79. The molecule has 0 atom stereocenters. The van der Waals surface area contributed by atoms with E-state index in [0.717, 1.165) is 25.3 Å². The third-order valence-electron chi connectivity index (χ3n) is 2.28. The van der Waals surface area contributed by atoms with Gasteiger partial charge in [-0.3, -0.25) is 5.41 Å². The van der Waals surface area contributed by atoms with Crippen LogP contribution >= 0.6 is 0 Å². The van der Waals surface area contributed by atoms with E-state index in [1.54, 1.807) is 7.11 Å². The highest BCUT2D eigenvalue weighted by Gasteiger charge is 2.12. The molecule has 0 bridgehead atoms. The van der Waals surface area contributed by atoms with E-state index in [4.69, 9.17) is 10.1 Å². The monoisotopic (exact) mass is 170 g/mol. The summed E-state index contributed by atoms with van der Waals surface area (Å²) >= 11 is 0. The molecule has 3 heteroatoms. The molecule has 0 aromatic carbocycles. The molecule has 1 N–H and O–H groups in total. The molecule has 1 heterocycles. The van der Waals surface area contributed by atoms with Crippen LogP contribution in [0.3, 0.4) is 0 Å². The van der Waals surface area contributed by atoms with Crippen molar-refractivity contribution in [1.29, 1.82) is 5.41 Å². The average Bonchev–Trinajstić information content (AvgIpc) is 2.15. The predicted molar refractivity (Wildman–Crippen MR) is 49.6 cm³/mol. The van der Waals surface area contributed by atoms with Crippen molar-refractivity contribution in [3.8, 4) is 0 Å². The van der Waals surface area contributed by atoms with E-state index in [-0.39, 0.29) is 0 Å². The van der Waals surface area contributed by atoms with Crippen LogP contribution in [-0.2, 0) is 4.74 Å². The standard InChI is InChI=1S/C9H18N2O/c1-12-8-5-9(10)11-6-3-2-4-7-11/h10H,2-8H2,1H3. The normalized spacial score (nSPS) is 17.9. The Morgan fingerprint density at radius 3 is 2.58 bits per heavy atom. The molecule has 0 aromatic rings. The fraction of sp³-hybridized carbons (Fsp3) is 0.889. The SMILES string of the molecule is COCCC(=N)N1CCCCC1. The minimum absolute atomic E-state index is 0.676. The quantitative estimate of drug-likeness (QED) is 0.514. The number of ether oxygens (including phenoxy) is 1. The molecule has 3 nitrogen and oxygen atoms in total. The molecule has 0 radical (unpaired) electrons. The lowest BCUT2D eigenvalue weighted by Gasteiger charge is -2.28. The summed E-state index contributed by atoms with van der Waals surface area (Å²) in [6.07, 6.45) is 4.58. The van der Waals surface area contributed by atoms with Gasteiger partial charge >= 0.3 is 0 Å². The van der Waals surface area contributed by atoms with E-state index < -0.39 is 0 Å². The van der Waals surface area contributed by atoms with E-state index in [9.17, 15) is 0 Å². The average molecular weight is 170 g/mol. The van der Waals surface area contributed by atoms with E-state index >= 15 is 0 Å². The van der Waals surface area contributed by atoms with Crippen LogP contribution in [0.15, 0.2) is 0 Å². The molecule has 1 aliphatic heterocycles. The lowest BCUT2D eigenvalue weighted by Crippen LogP contribution is -2.35. The molecule has 1 saturated heterocycles. The number of nitrogens with one attached hydrogen (secondary N) is 1. The molecule has 1 rings (SSSR count). The zero-order valence-electron chi connectivity index (χ0n) is 7.81. The van der Waals surface area contributed by atoms with Crippen molar-refractivity contribution < 1.29 is 4.74 Å². The molecule has 0 spiro atoms. The molecular weight excluding hydrogens is 152 g/mol. The van der Waals surface area contributed by atoms with Gasteiger partial charge in [0.05, 0.1) is 12.4 Å².